The molecule has 0 spiro atoms. The van der Waals surface area contributed by atoms with Crippen LogP contribution >= 0.6 is 0 Å². The van der Waals surface area contributed by atoms with Crippen LogP contribution in [-0.2, 0) is 11.4 Å². The molecule has 0 radical (unpaired) electrons. The molecule has 0 atom stereocenters. The Morgan fingerprint density at radius 2 is 2.31 bits per heavy atom. The molecular formula is C10H7FO2. The summed E-state index contributed by atoms with van der Waals surface area (Å²) in [7, 11) is 0. The molecule has 0 saturated heterocycles. The Hall–Kier alpha value is -1.66. The van der Waals surface area contributed by atoms with E-state index in [0.717, 1.165) is 0 Å². The van der Waals surface area contributed by atoms with Crippen molar-refractivity contribution >= 4 is 6.29 Å². The van der Waals surface area contributed by atoms with Gasteiger partial charge in [-0.25, -0.2) is 4.39 Å². The molecule has 0 aliphatic carbocycles. The van der Waals surface area contributed by atoms with E-state index in [4.69, 9.17) is 5.11 Å². The topological polar surface area (TPSA) is 37.3 Å². The number of halogens is 1. The van der Waals surface area contributed by atoms with E-state index in [1.165, 1.54) is 18.2 Å². The molecule has 0 aromatic heterocycles. The first-order valence-electron chi connectivity index (χ1n) is 3.62. The summed E-state index contributed by atoms with van der Waals surface area (Å²) < 4.78 is 12.6. The number of aliphatic hydroxyl groups is 1. The SMILES string of the molecule is O=CC#Cc1ccc(F)cc1CO. The Morgan fingerprint density at radius 3 is 2.92 bits per heavy atom. The first-order valence-corrected chi connectivity index (χ1v) is 3.62. The van der Waals surface area contributed by atoms with Crippen molar-refractivity contribution in [1.29, 1.82) is 0 Å². The second-order valence-electron chi connectivity index (χ2n) is 2.35. The Kier molecular flexibility index (Phi) is 3.18. The first kappa shape index (κ1) is 9.43. The van der Waals surface area contributed by atoms with Crippen LogP contribution in [0.1, 0.15) is 11.1 Å². The Bertz CT molecular complexity index is 374. The molecule has 13 heavy (non-hydrogen) atoms. The van der Waals surface area contributed by atoms with Crippen molar-refractivity contribution in [2.24, 2.45) is 0 Å². The van der Waals surface area contributed by atoms with Crippen LogP contribution in [-0.4, -0.2) is 11.4 Å². The molecule has 0 saturated carbocycles. The Balaban J connectivity index is 3.13. The summed E-state index contributed by atoms with van der Waals surface area (Å²) in [6, 6.07) is 3.85. The van der Waals surface area contributed by atoms with E-state index in [1.807, 2.05) is 0 Å². The van der Waals surface area contributed by atoms with E-state index in [9.17, 15) is 9.18 Å². The lowest BCUT2D eigenvalue weighted by atomic mass is 10.1. The van der Waals surface area contributed by atoms with Gasteiger partial charge in [-0.2, -0.15) is 0 Å². The Morgan fingerprint density at radius 1 is 1.54 bits per heavy atom. The molecular weight excluding hydrogens is 171 g/mol. The molecule has 0 amide bonds. The van der Waals surface area contributed by atoms with Gasteiger partial charge in [0.05, 0.1) is 6.61 Å². The molecule has 0 heterocycles. The normalized spacial score (nSPS) is 8.77. The summed E-state index contributed by atoms with van der Waals surface area (Å²) in [4.78, 5) is 9.93. The number of hydrogen-bond acceptors (Lipinski definition) is 2. The number of benzene rings is 1. The summed E-state index contributed by atoms with van der Waals surface area (Å²) in [6.45, 7) is -0.291. The summed E-state index contributed by atoms with van der Waals surface area (Å²) in [6.07, 6.45) is 0.449. The smallest absolute Gasteiger partial charge is 0.193 e. The van der Waals surface area contributed by atoms with E-state index in [2.05, 4.69) is 11.8 Å². The van der Waals surface area contributed by atoms with Crippen molar-refractivity contribution in [3.63, 3.8) is 0 Å². The second kappa shape index (κ2) is 4.39. The van der Waals surface area contributed by atoms with Gasteiger partial charge in [-0.1, -0.05) is 5.92 Å². The number of rotatable bonds is 1. The van der Waals surface area contributed by atoms with Crippen LogP contribution in [0, 0.1) is 17.7 Å². The quantitative estimate of drug-likeness (QED) is 0.511. The van der Waals surface area contributed by atoms with Crippen LogP contribution in [0.15, 0.2) is 18.2 Å². The fourth-order valence-corrected chi connectivity index (χ4v) is 0.922. The van der Waals surface area contributed by atoms with Gasteiger partial charge in [0.1, 0.15) is 5.82 Å². The molecule has 1 aromatic rings. The van der Waals surface area contributed by atoms with Crippen LogP contribution in [0.4, 0.5) is 4.39 Å². The van der Waals surface area contributed by atoms with Gasteiger partial charge in [-0.15, -0.1) is 0 Å². The summed E-state index contributed by atoms with van der Waals surface area (Å²) in [5, 5.41) is 8.82. The lowest BCUT2D eigenvalue weighted by Crippen LogP contribution is -1.90. The molecule has 0 aliphatic rings. The molecule has 2 nitrogen and oxygen atoms in total. The van der Waals surface area contributed by atoms with Crippen LogP contribution in [0.2, 0.25) is 0 Å². The van der Waals surface area contributed by atoms with Gasteiger partial charge in [0.2, 0.25) is 0 Å². The maximum atomic E-state index is 12.6. The molecule has 0 aliphatic heterocycles. The van der Waals surface area contributed by atoms with E-state index < -0.39 is 5.82 Å². The second-order valence-corrected chi connectivity index (χ2v) is 2.35. The van der Waals surface area contributed by atoms with E-state index in [0.29, 0.717) is 17.4 Å². The van der Waals surface area contributed by atoms with Crippen molar-refractivity contribution < 1.29 is 14.3 Å². The predicted molar refractivity (Wildman–Crippen MR) is 45.3 cm³/mol. The highest BCUT2D eigenvalue weighted by Gasteiger charge is 1.99. The van der Waals surface area contributed by atoms with Crippen LogP contribution in [0.5, 0.6) is 0 Å². The largest absolute Gasteiger partial charge is 0.392 e. The highest BCUT2D eigenvalue weighted by Crippen LogP contribution is 2.09. The minimum atomic E-state index is -0.430. The van der Waals surface area contributed by atoms with Crippen molar-refractivity contribution in [3.05, 3.63) is 35.1 Å². The number of carbonyl (C=O) groups excluding carboxylic acids is 1. The predicted octanol–water partition coefficient (Wildman–Crippen LogP) is 0.868. The molecule has 0 fully saturated rings. The molecule has 0 unspecified atom stereocenters. The van der Waals surface area contributed by atoms with Crippen molar-refractivity contribution in [2.45, 2.75) is 6.61 Å². The van der Waals surface area contributed by atoms with Gasteiger partial charge < -0.3 is 5.11 Å². The first-order chi connectivity index (χ1) is 6.27. The average molecular weight is 178 g/mol. The van der Waals surface area contributed by atoms with Gasteiger partial charge in [-0.3, -0.25) is 4.79 Å². The zero-order valence-electron chi connectivity index (χ0n) is 6.75. The third kappa shape index (κ3) is 2.39. The highest BCUT2D eigenvalue weighted by atomic mass is 19.1. The van der Waals surface area contributed by atoms with Gasteiger partial charge in [0.25, 0.3) is 0 Å². The minimum absolute atomic E-state index is 0.291. The lowest BCUT2D eigenvalue weighted by molar-refractivity contribution is -0.103. The monoisotopic (exact) mass is 178 g/mol. The van der Waals surface area contributed by atoms with E-state index in [1.54, 1.807) is 0 Å². The van der Waals surface area contributed by atoms with Crippen molar-refractivity contribution in [1.82, 2.24) is 0 Å². The summed E-state index contributed by atoms with van der Waals surface area (Å²) in [5.74, 6) is 4.26. The average Bonchev–Trinajstić information content (AvgIpc) is 2.16. The summed E-state index contributed by atoms with van der Waals surface area (Å²) in [5.41, 5.74) is 0.852. The highest BCUT2D eigenvalue weighted by molar-refractivity contribution is 5.74. The van der Waals surface area contributed by atoms with Gasteiger partial charge in [-0.05, 0) is 29.7 Å². The van der Waals surface area contributed by atoms with Crippen molar-refractivity contribution in [2.75, 3.05) is 0 Å². The molecule has 1 N–H and O–H groups in total. The molecule has 1 aromatic carbocycles. The zero-order chi connectivity index (χ0) is 9.68. The lowest BCUT2D eigenvalue weighted by Gasteiger charge is -1.99. The standard InChI is InChI=1S/C10H7FO2/c11-10-4-3-8(2-1-5-12)9(6-10)7-13/h3-6,13H,7H2. The number of aliphatic hydroxyl groups excluding tert-OH is 1. The third-order valence-electron chi connectivity index (χ3n) is 1.50. The third-order valence-corrected chi connectivity index (χ3v) is 1.50. The fraction of sp³-hybridized carbons (Fsp3) is 0.100. The van der Waals surface area contributed by atoms with Crippen LogP contribution < -0.4 is 0 Å². The van der Waals surface area contributed by atoms with Gasteiger partial charge in [0.15, 0.2) is 6.29 Å². The van der Waals surface area contributed by atoms with E-state index in [-0.39, 0.29) is 6.61 Å². The fourth-order valence-electron chi connectivity index (χ4n) is 0.922. The maximum Gasteiger partial charge on any atom is 0.193 e. The molecule has 66 valence electrons. The Labute approximate surface area is 75.0 Å². The van der Waals surface area contributed by atoms with E-state index >= 15 is 0 Å². The molecule has 1 rings (SSSR count). The van der Waals surface area contributed by atoms with Crippen LogP contribution in [0.3, 0.4) is 0 Å². The van der Waals surface area contributed by atoms with Crippen molar-refractivity contribution in [3.8, 4) is 11.8 Å². The zero-order valence-corrected chi connectivity index (χ0v) is 6.75. The van der Waals surface area contributed by atoms with Gasteiger partial charge >= 0.3 is 0 Å². The van der Waals surface area contributed by atoms with Crippen LogP contribution in [0.25, 0.3) is 0 Å². The molecule has 3 heteroatoms. The number of aldehydes is 1. The maximum absolute atomic E-state index is 12.6. The number of carbonyl (C=O) groups is 1. The minimum Gasteiger partial charge on any atom is -0.392 e. The summed E-state index contributed by atoms with van der Waals surface area (Å²) >= 11 is 0. The van der Waals surface area contributed by atoms with Gasteiger partial charge in [0, 0.05) is 5.56 Å². The molecule has 0 bridgehead atoms. The number of hydrogen-bond donors (Lipinski definition) is 1.